The van der Waals surface area contributed by atoms with E-state index in [0.717, 1.165) is 18.6 Å². The lowest BCUT2D eigenvalue weighted by atomic mass is 10.0. The fraction of sp³-hybridized carbons (Fsp3) is 0.312. The van der Waals surface area contributed by atoms with E-state index in [1.165, 1.54) is 56.9 Å². The fourth-order valence-corrected chi connectivity index (χ4v) is 5.76. The van der Waals surface area contributed by atoms with Gasteiger partial charge in [0.25, 0.3) is 0 Å². The van der Waals surface area contributed by atoms with Gasteiger partial charge in [-0.2, -0.15) is 9.97 Å². The maximum Gasteiger partial charge on any atom is 0.224 e. The molecule has 2 aromatic carbocycles. The Labute approximate surface area is 316 Å². The van der Waals surface area contributed by atoms with Crippen molar-refractivity contribution >= 4 is 66.4 Å². The summed E-state index contributed by atoms with van der Waals surface area (Å²) in [5.74, 6) is -0.431. The number of aromatic nitrogens is 4. The van der Waals surface area contributed by atoms with Gasteiger partial charge in [-0.3, -0.25) is 4.79 Å². The van der Waals surface area contributed by atoms with Crippen LogP contribution in [0.4, 0.5) is 32.3 Å². The molecule has 4 aromatic rings. The van der Waals surface area contributed by atoms with Gasteiger partial charge < -0.3 is 31.6 Å². The van der Waals surface area contributed by atoms with E-state index in [9.17, 15) is 30.4 Å². The van der Waals surface area contributed by atoms with Crippen LogP contribution in [-0.4, -0.2) is 100 Å². The second-order valence-corrected chi connectivity index (χ2v) is 15.3. The number of methoxy groups -OCH3 is 2. The predicted molar refractivity (Wildman–Crippen MR) is 205 cm³/mol. The number of carbonyl (C=O) groups is 1. The molecule has 54 heavy (non-hydrogen) atoms. The zero-order valence-corrected chi connectivity index (χ0v) is 32.1. The van der Waals surface area contributed by atoms with Crippen LogP contribution in [0.2, 0.25) is 0 Å². The lowest BCUT2D eigenvalue weighted by Crippen LogP contribution is -2.24. The second kappa shape index (κ2) is 19.8. The summed E-state index contributed by atoms with van der Waals surface area (Å²) in [6, 6.07) is 7.61. The number of nitrogens with one attached hydrogen (secondary N) is 4. The third-order valence-electron chi connectivity index (χ3n) is 6.94. The number of thiocarbonyl (C=S) groups is 1. The van der Waals surface area contributed by atoms with Crippen LogP contribution in [0.3, 0.4) is 0 Å². The molecule has 0 radical (unpaired) electrons. The molecule has 8 N–H and O–H groups in total. The summed E-state index contributed by atoms with van der Waals surface area (Å²) in [5.41, 5.74) is 12.6. The maximum absolute atomic E-state index is 13.6. The van der Waals surface area contributed by atoms with Crippen LogP contribution in [0, 0.1) is 11.6 Å². The topological polar surface area (TPSA) is 256 Å². The number of rotatable bonds is 18. The Bertz CT molecular complexity index is 2030. The number of carbonyl (C=O) groups excluding carboxylic acids is 1. The lowest BCUT2D eigenvalue weighted by Gasteiger charge is -2.12. The number of nitrogens with zero attached hydrogens (tertiary/aromatic N) is 4. The smallest absolute Gasteiger partial charge is 0.224 e. The van der Waals surface area contributed by atoms with Crippen molar-refractivity contribution in [2.75, 3.05) is 75.0 Å². The van der Waals surface area contributed by atoms with E-state index in [0.29, 0.717) is 49.4 Å². The second-order valence-electron chi connectivity index (χ2n) is 11.2. The van der Waals surface area contributed by atoms with Crippen molar-refractivity contribution in [1.82, 2.24) is 29.4 Å². The first-order chi connectivity index (χ1) is 25.4. The largest absolute Gasteiger partial charge is 0.496 e. The molecule has 0 saturated heterocycles. The highest BCUT2D eigenvalue weighted by Crippen LogP contribution is 2.26. The molecule has 0 aliphatic carbocycles. The summed E-state index contributed by atoms with van der Waals surface area (Å²) >= 11 is 5.40. The Morgan fingerprint density at radius 1 is 0.704 bits per heavy atom. The molecule has 0 aliphatic heterocycles. The van der Waals surface area contributed by atoms with Crippen molar-refractivity contribution in [3.63, 3.8) is 0 Å². The van der Waals surface area contributed by atoms with Gasteiger partial charge in [-0.05, 0) is 49.2 Å². The first-order valence-electron chi connectivity index (χ1n) is 15.8. The standard InChI is InChI=1S/C16H20FN5O4S.C16H20FN5O3S2/c1-26-13-5-4-10(17)8-11(13)14(23)12-9-20-16(22-15(12)18)19-6-3-7-21-27(2,24)25;1-25-13-5-4-10(17)8-11(13)14(26)12-9-20-16(22-15(12)18)19-6-3-7-21-27(2,23)24/h2*4-5,8-9,21H,3,6-7H2,1-2H3,(H3,18,19,20,22). The molecule has 0 amide bonds. The van der Waals surface area contributed by atoms with Crippen LogP contribution in [0.15, 0.2) is 48.8 Å². The minimum absolute atomic E-state index is 0.0142. The van der Waals surface area contributed by atoms with E-state index >= 15 is 0 Å². The van der Waals surface area contributed by atoms with Crippen LogP contribution >= 0.6 is 12.2 Å². The molecule has 2 heterocycles. The van der Waals surface area contributed by atoms with E-state index in [2.05, 4.69) is 40.0 Å². The fourth-order valence-electron chi connectivity index (χ4n) is 4.41. The number of sulfonamides is 2. The Morgan fingerprint density at radius 3 is 1.56 bits per heavy atom. The molecule has 292 valence electrons. The number of anilines is 4. The van der Waals surface area contributed by atoms with E-state index in [4.69, 9.17) is 33.2 Å². The van der Waals surface area contributed by atoms with Crippen molar-refractivity contribution in [2.24, 2.45) is 0 Å². The van der Waals surface area contributed by atoms with Crippen LogP contribution in [-0.2, 0) is 20.0 Å². The first-order valence-corrected chi connectivity index (χ1v) is 20.0. The third-order valence-corrected chi connectivity index (χ3v) is 8.84. The number of nitrogens with two attached hydrogens (primary N) is 2. The number of hydrogen-bond acceptors (Lipinski definition) is 16. The number of ether oxygens (including phenoxy) is 2. The molecule has 0 aliphatic rings. The Morgan fingerprint density at radius 2 is 1.13 bits per heavy atom. The Kier molecular flexibility index (Phi) is 15.8. The quantitative estimate of drug-likeness (QED) is 0.0478. The SMILES string of the molecule is COc1ccc(F)cc1C(=O)c1cnc(NCCCNS(C)(=O)=O)nc1N.COc1ccc(F)cc1C(=S)c1cnc(NCCCNS(C)(=O)=O)nc1N. The van der Waals surface area contributed by atoms with Gasteiger partial charge in [0, 0.05) is 44.1 Å². The van der Waals surface area contributed by atoms with Crippen LogP contribution in [0.1, 0.15) is 39.9 Å². The van der Waals surface area contributed by atoms with Gasteiger partial charge >= 0.3 is 0 Å². The van der Waals surface area contributed by atoms with Gasteiger partial charge in [-0.15, -0.1) is 0 Å². The normalized spacial score (nSPS) is 11.2. The maximum atomic E-state index is 13.6. The van der Waals surface area contributed by atoms with Gasteiger partial charge in [0.2, 0.25) is 37.7 Å². The zero-order chi connectivity index (χ0) is 40.1. The number of ketones is 1. The lowest BCUT2D eigenvalue weighted by molar-refractivity contribution is 0.103. The monoisotopic (exact) mass is 810 g/mol. The van der Waals surface area contributed by atoms with E-state index in [1.54, 1.807) is 0 Å². The first kappa shape index (κ1) is 43.2. The van der Waals surface area contributed by atoms with Gasteiger partial charge in [0.15, 0.2) is 0 Å². The summed E-state index contributed by atoms with van der Waals surface area (Å²) in [5, 5.41) is 5.82. The van der Waals surface area contributed by atoms with E-state index in [1.807, 2.05) is 0 Å². The summed E-state index contributed by atoms with van der Waals surface area (Å²) < 4.78 is 85.9. The molecule has 0 bridgehead atoms. The molecule has 0 saturated carbocycles. The van der Waals surface area contributed by atoms with Crippen molar-refractivity contribution < 1.29 is 39.9 Å². The molecule has 17 nitrogen and oxygen atoms in total. The number of hydrogen-bond donors (Lipinski definition) is 6. The molecule has 22 heteroatoms. The summed E-state index contributed by atoms with van der Waals surface area (Å²) in [7, 11) is -3.60. The average molecular weight is 811 g/mol. The third kappa shape index (κ3) is 13.7. The van der Waals surface area contributed by atoms with Gasteiger partial charge in [0.1, 0.15) is 34.8 Å². The summed E-state index contributed by atoms with van der Waals surface area (Å²) in [6.45, 7) is 1.40. The van der Waals surface area contributed by atoms with Gasteiger partial charge in [0.05, 0.1) is 48.3 Å². The van der Waals surface area contributed by atoms with E-state index < -0.39 is 37.5 Å². The minimum Gasteiger partial charge on any atom is -0.496 e. The van der Waals surface area contributed by atoms with E-state index in [-0.39, 0.29) is 51.8 Å². The molecule has 0 atom stereocenters. The highest BCUT2D eigenvalue weighted by molar-refractivity contribution is 7.89. The van der Waals surface area contributed by atoms with Crippen LogP contribution in [0.5, 0.6) is 11.5 Å². The van der Waals surface area contributed by atoms with Crippen molar-refractivity contribution in [2.45, 2.75) is 12.8 Å². The Balaban J connectivity index is 0.000000290. The molecular formula is C32H40F2N10O7S3. The highest BCUT2D eigenvalue weighted by atomic mass is 32.2. The average Bonchev–Trinajstić information content (AvgIpc) is 3.10. The number of benzene rings is 2. The number of halogens is 2. The van der Waals surface area contributed by atoms with Crippen molar-refractivity contribution in [3.8, 4) is 11.5 Å². The molecule has 0 spiro atoms. The minimum atomic E-state index is -3.23. The molecule has 0 unspecified atom stereocenters. The molecular weight excluding hydrogens is 771 g/mol. The van der Waals surface area contributed by atoms with Gasteiger partial charge in [-0.25, -0.2) is 45.0 Å². The van der Waals surface area contributed by atoms with Crippen LogP contribution < -0.4 is 41.0 Å². The zero-order valence-electron chi connectivity index (χ0n) is 29.6. The highest BCUT2D eigenvalue weighted by Gasteiger charge is 2.20. The predicted octanol–water partition coefficient (Wildman–Crippen LogP) is 2.11. The summed E-state index contributed by atoms with van der Waals surface area (Å²) in [4.78, 5) is 29.2. The van der Waals surface area contributed by atoms with Crippen LogP contribution in [0.25, 0.3) is 0 Å². The number of nitrogen functional groups attached to an aromatic ring is 2. The summed E-state index contributed by atoms with van der Waals surface area (Å²) in [6.07, 6.45) is 5.90. The molecule has 2 aromatic heterocycles. The van der Waals surface area contributed by atoms with Crippen molar-refractivity contribution in [1.29, 1.82) is 0 Å². The molecule has 0 fully saturated rings. The van der Waals surface area contributed by atoms with Crippen molar-refractivity contribution in [3.05, 3.63) is 82.7 Å². The molecule has 4 rings (SSSR count). The Hall–Kier alpha value is -5.16. The van der Waals surface area contributed by atoms with Gasteiger partial charge in [-0.1, -0.05) is 12.2 Å².